The van der Waals surface area contributed by atoms with Crippen molar-refractivity contribution in [2.24, 2.45) is 0 Å². The van der Waals surface area contributed by atoms with Crippen LogP contribution in [0.1, 0.15) is 16.0 Å². The third-order valence-electron chi connectivity index (χ3n) is 3.00. The minimum atomic E-state index is -0.997. The Balaban J connectivity index is 2.27. The summed E-state index contributed by atoms with van der Waals surface area (Å²) in [7, 11) is 1.31. The van der Waals surface area contributed by atoms with Crippen LogP contribution in [-0.2, 0) is 6.42 Å². The van der Waals surface area contributed by atoms with Crippen LogP contribution in [-0.4, -0.2) is 7.11 Å². The molecule has 0 aliphatic heterocycles. The number of methoxy groups -OCH3 is 1. The second kappa shape index (κ2) is 6.47. The number of hydrogen-bond acceptors (Lipinski definition) is 1. The maximum atomic E-state index is 13.9. The van der Waals surface area contributed by atoms with Crippen LogP contribution in [0.3, 0.4) is 0 Å². The van der Waals surface area contributed by atoms with Crippen LogP contribution in [0.4, 0.5) is 17.6 Å². The number of rotatable bonds is 4. The molecule has 0 aliphatic rings. The lowest BCUT2D eigenvalue weighted by molar-refractivity contribution is 0.405. The first-order valence-electron chi connectivity index (χ1n) is 6.03. The van der Waals surface area contributed by atoms with E-state index in [9.17, 15) is 17.6 Å². The second-order valence-corrected chi connectivity index (χ2v) is 5.53. The number of alkyl halides is 1. The standard InChI is InChI=1S/C15H11BrF4O/c1-21-9-6-13(19)15(14(20)7-9)10(16)4-8-2-3-11(17)12(18)5-8/h2-3,5-7,10H,4H2,1H3. The number of halogens is 5. The predicted molar refractivity (Wildman–Crippen MR) is 74.6 cm³/mol. The van der Waals surface area contributed by atoms with E-state index in [0.717, 1.165) is 24.3 Å². The molecule has 0 amide bonds. The Hall–Kier alpha value is -1.56. The monoisotopic (exact) mass is 362 g/mol. The second-order valence-electron chi connectivity index (χ2n) is 4.42. The zero-order chi connectivity index (χ0) is 15.6. The van der Waals surface area contributed by atoms with E-state index in [1.54, 1.807) is 0 Å². The summed E-state index contributed by atoms with van der Waals surface area (Å²) in [5.74, 6) is -3.43. The fraction of sp³-hybridized carbons (Fsp3) is 0.200. The van der Waals surface area contributed by atoms with Gasteiger partial charge in [0.2, 0.25) is 0 Å². The minimum Gasteiger partial charge on any atom is -0.497 e. The van der Waals surface area contributed by atoms with Crippen molar-refractivity contribution in [1.29, 1.82) is 0 Å². The van der Waals surface area contributed by atoms with Gasteiger partial charge in [-0.2, -0.15) is 0 Å². The van der Waals surface area contributed by atoms with Crippen molar-refractivity contribution in [1.82, 2.24) is 0 Å². The van der Waals surface area contributed by atoms with E-state index < -0.39 is 28.1 Å². The SMILES string of the molecule is COc1cc(F)c(C(Br)Cc2ccc(F)c(F)c2)c(F)c1. The third-order valence-corrected chi connectivity index (χ3v) is 3.78. The average Bonchev–Trinajstić information content (AvgIpc) is 2.42. The highest BCUT2D eigenvalue weighted by molar-refractivity contribution is 9.09. The summed E-state index contributed by atoms with van der Waals surface area (Å²) in [6, 6.07) is 5.48. The fourth-order valence-electron chi connectivity index (χ4n) is 1.95. The van der Waals surface area contributed by atoms with E-state index >= 15 is 0 Å². The van der Waals surface area contributed by atoms with Gasteiger partial charge in [0.25, 0.3) is 0 Å². The zero-order valence-corrected chi connectivity index (χ0v) is 12.6. The van der Waals surface area contributed by atoms with Gasteiger partial charge >= 0.3 is 0 Å². The molecule has 112 valence electrons. The van der Waals surface area contributed by atoms with E-state index in [0.29, 0.717) is 5.56 Å². The highest BCUT2D eigenvalue weighted by Gasteiger charge is 2.20. The summed E-state index contributed by atoms with van der Waals surface area (Å²) < 4.78 is 58.6. The van der Waals surface area contributed by atoms with Crippen molar-refractivity contribution in [3.8, 4) is 5.75 Å². The Morgan fingerprint density at radius 1 is 0.952 bits per heavy atom. The smallest absolute Gasteiger partial charge is 0.159 e. The quantitative estimate of drug-likeness (QED) is 0.553. The third kappa shape index (κ3) is 3.56. The van der Waals surface area contributed by atoms with Gasteiger partial charge in [0, 0.05) is 22.5 Å². The van der Waals surface area contributed by atoms with E-state index in [4.69, 9.17) is 4.74 Å². The molecule has 0 spiro atoms. The van der Waals surface area contributed by atoms with Crippen LogP contribution in [0.15, 0.2) is 30.3 Å². The summed E-state index contributed by atoms with van der Waals surface area (Å²) in [6.07, 6.45) is 0.109. The lowest BCUT2D eigenvalue weighted by Gasteiger charge is -2.14. The molecular weight excluding hydrogens is 352 g/mol. The Labute approximate surface area is 127 Å². The molecule has 0 fully saturated rings. The minimum absolute atomic E-state index is 0.0706. The van der Waals surface area contributed by atoms with Crippen molar-refractivity contribution in [2.75, 3.05) is 7.11 Å². The van der Waals surface area contributed by atoms with Gasteiger partial charge in [0.15, 0.2) is 11.6 Å². The Morgan fingerprint density at radius 2 is 1.57 bits per heavy atom. The van der Waals surface area contributed by atoms with Gasteiger partial charge in [0.1, 0.15) is 17.4 Å². The van der Waals surface area contributed by atoms with E-state index in [-0.39, 0.29) is 17.7 Å². The molecule has 0 aromatic heterocycles. The highest BCUT2D eigenvalue weighted by Crippen LogP contribution is 2.33. The molecule has 2 rings (SSSR count). The summed E-state index contributed by atoms with van der Waals surface area (Å²) >= 11 is 3.18. The molecule has 1 unspecified atom stereocenters. The Bertz CT molecular complexity index is 637. The van der Waals surface area contributed by atoms with E-state index in [1.165, 1.54) is 13.2 Å². The molecule has 0 aliphatic carbocycles. The van der Waals surface area contributed by atoms with Crippen molar-refractivity contribution >= 4 is 15.9 Å². The van der Waals surface area contributed by atoms with Crippen molar-refractivity contribution < 1.29 is 22.3 Å². The van der Waals surface area contributed by atoms with Crippen LogP contribution >= 0.6 is 15.9 Å². The maximum Gasteiger partial charge on any atom is 0.159 e. The molecule has 1 nitrogen and oxygen atoms in total. The maximum absolute atomic E-state index is 13.9. The molecule has 0 radical (unpaired) electrons. The van der Waals surface area contributed by atoms with Crippen molar-refractivity contribution in [3.63, 3.8) is 0 Å². The molecule has 21 heavy (non-hydrogen) atoms. The normalized spacial score (nSPS) is 12.3. The van der Waals surface area contributed by atoms with Gasteiger partial charge in [-0.15, -0.1) is 0 Å². The molecule has 0 saturated heterocycles. The highest BCUT2D eigenvalue weighted by atomic mass is 79.9. The van der Waals surface area contributed by atoms with Crippen molar-refractivity contribution in [3.05, 3.63) is 64.7 Å². The first-order chi connectivity index (χ1) is 9.92. The van der Waals surface area contributed by atoms with Crippen LogP contribution in [0, 0.1) is 23.3 Å². The van der Waals surface area contributed by atoms with Crippen LogP contribution in [0.25, 0.3) is 0 Å². The molecule has 2 aromatic carbocycles. The first-order valence-corrected chi connectivity index (χ1v) is 6.95. The molecule has 0 bridgehead atoms. The molecule has 0 heterocycles. The lowest BCUT2D eigenvalue weighted by atomic mass is 10.0. The van der Waals surface area contributed by atoms with E-state index in [1.807, 2.05) is 0 Å². The predicted octanol–water partition coefficient (Wildman–Crippen LogP) is 4.93. The molecule has 1 atom stereocenters. The average molecular weight is 363 g/mol. The first kappa shape index (κ1) is 15.8. The van der Waals surface area contributed by atoms with E-state index in [2.05, 4.69) is 15.9 Å². The zero-order valence-electron chi connectivity index (χ0n) is 11.0. The fourth-order valence-corrected chi connectivity index (χ4v) is 2.76. The summed E-state index contributed by atoms with van der Waals surface area (Å²) in [4.78, 5) is -0.715. The number of benzene rings is 2. The van der Waals surface area contributed by atoms with Gasteiger partial charge in [-0.05, 0) is 24.1 Å². The van der Waals surface area contributed by atoms with Crippen LogP contribution in [0.5, 0.6) is 5.75 Å². The van der Waals surface area contributed by atoms with Gasteiger partial charge in [0.05, 0.1) is 7.11 Å². The molecule has 0 saturated carbocycles. The largest absolute Gasteiger partial charge is 0.497 e. The number of ether oxygens (including phenoxy) is 1. The Kier molecular flexibility index (Phi) is 4.88. The number of hydrogen-bond donors (Lipinski definition) is 0. The molecule has 0 N–H and O–H groups in total. The summed E-state index contributed by atoms with van der Waals surface area (Å²) in [5.41, 5.74) is 0.242. The van der Waals surface area contributed by atoms with Gasteiger partial charge in [-0.3, -0.25) is 0 Å². The van der Waals surface area contributed by atoms with Gasteiger partial charge in [-0.1, -0.05) is 22.0 Å². The van der Waals surface area contributed by atoms with Crippen LogP contribution < -0.4 is 4.74 Å². The lowest BCUT2D eigenvalue weighted by Crippen LogP contribution is -2.03. The molecule has 2 aromatic rings. The summed E-state index contributed by atoms with van der Waals surface area (Å²) in [5, 5.41) is 0. The Morgan fingerprint density at radius 3 is 2.10 bits per heavy atom. The molecule has 6 heteroatoms. The van der Waals surface area contributed by atoms with Crippen molar-refractivity contribution in [2.45, 2.75) is 11.2 Å². The molecular formula is C15H11BrF4O. The van der Waals surface area contributed by atoms with Crippen LogP contribution in [0.2, 0.25) is 0 Å². The van der Waals surface area contributed by atoms with Gasteiger partial charge in [-0.25, -0.2) is 17.6 Å². The topological polar surface area (TPSA) is 9.23 Å². The van der Waals surface area contributed by atoms with Gasteiger partial charge < -0.3 is 4.74 Å². The summed E-state index contributed by atoms with van der Waals surface area (Å²) in [6.45, 7) is 0.